The van der Waals surface area contributed by atoms with Gasteiger partial charge in [-0.2, -0.15) is 0 Å². The zero-order valence-corrected chi connectivity index (χ0v) is 17.1. The van der Waals surface area contributed by atoms with E-state index in [0.29, 0.717) is 17.3 Å². The van der Waals surface area contributed by atoms with Crippen LogP contribution in [0.3, 0.4) is 0 Å². The molecule has 30 heavy (non-hydrogen) atoms. The topological polar surface area (TPSA) is 73.5 Å². The Balaban J connectivity index is 1.79. The highest BCUT2D eigenvalue weighted by molar-refractivity contribution is 6.04. The molecule has 1 atom stereocenters. The van der Waals surface area contributed by atoms with E-state index in [9.17, 15) is 18.4 Å². The van der Waals surface area contributed by atoms with Crippen LogP contribution in [0.25, 0.3) is 0 Å². The third-order valence-corrected chi connectivity index (χ3v) is 5.11. The number of urea groups is 1. The van der Waals surface area contributed by atoms with Gasteiger partial charge in [0.2, 0.25) is 0 Å². The molecule has 1 aliphatic rings. The van der Waals surface area contributed by atoms with Crippen molar-refractivity contribution in [2.24, 2.45) is 0 Å². The number of hydrogen-bond donors (Lipinski definition) is 3. The highest BCUT2D eigenvalue weighted by atomic mass is 19.1. The van der Waals surface area contributed by atoms with Crippen molar-refractivity contribution in [1.29, 1.82) is 0 Å². The van der Waals surface area contributed by atoms with E-state index in [1.165, 1.54) is 0 Å². The van der Waals surface area contributed by atoms with E-state index in [4.69, 9.17) is 0 Å². The van der Waals surface area contributed by atoms with Crippen molar-refractivity contribution in [3.05, 3.63) is 53.6 Å². The van der Waals surface area contributed by atoms with Crippen LogP contribution in [0.5, 0.6) is 0 Å². The van der Waals surface area contributed by atoms with Crippen molar-refractivity contribution in [2.45, 2.75) is 39.2 Å². The lowest BCUT2D eigenvalue weighted by Gasteiger charge is -2.23. The van der Waals surface area contributed by atoms with Crippen LogP contribution < -0.4 is 20.9 Å². The first-order valence-electron chi connectivity index (χ1n) is 10.1. The Labute approximate surface area is 174 Å². The molecule has 6 nitrogen and oxygen atoms in total. The maximum atomic E-state index is 13.8. The number of nitrogens with one attached hydrogen (secondary N) is 3. The van der Waals surface area contributed by atoms with Gasteiger partial charge >= 0.3 is 6.03 Å². The summed E-state index contributed by atoms with van der Waals surface area (Å²) in [5.74, 6) is -1.81. The fourth-order valence-electron chi connectivity index (χ4n) is 3.31. The largest absolute Gasteiger partial charge is 0.371 e. The maximum Gasteiger partial charge on any atom is 0.323 e. The molecule has 0 saturated carbocycles. The van der Waals surface area contributed by atoms with Crippen molar-refractivity contribution >= 4 is 29.0 Å². The molecule has 3 rings (SSSR count). The predicted molar refractivity (Wildman–Crippen MR) is 114 cm³/mol. The molecule has 1 aliphatic heterocycles. The van der Waals surface area contributed by atoms with Gasteiger partial charge in [0, 0.05) is 36.6 Å². The third kappa shape index (κ3) is 5.25. The molecule has 3 N–H and O–H groups in total. The van der Waals surface area contributed by atoms with Crippen molar-refractivity contribution in [3.63, 3.8) is 0 Å². The van der Waals surface area contributed by atoms with Gasteiger partial charge in [0.25, 0.3) is 5.91 Å². The molecule has 0 spiro atoms. The Hall–Kier alpha value is -3.16. The van der Waals surface area contributed by atoms with Gasteiger partial charge < -0.3 is 20.9 Å². The van der Waals surface area contributed by atoms with Crippen molar-refractivity contribution < 1.29 is 18.4 Å². The summed E-state index contributed by atoms with van der Waals surface area (Å²) in [6, 6.07) is 7.35. The lowest BCUT2D eigenvalue weighted by molar-refractivity contribution is 0.0939. The fraction of sp³-hybridized carbons (Fsp3) is 0.364. The second kappa shape index (κ2) is 9.56. The maximum absolute atomic E-state index is 13.8. The summed E-state index contributed by atoms with van der Waals surface area (Å²) < 4.78 is 26.8. The van der Waals surface area contributed by atoms with E-state index in [-0.39, 0.29) is 17.6 Å². The molecule has 0 aliphatic carbocycles. The number of carbonyl (C=O) groups excluding carboxylic acids is 2. The molecule has 3 amide bonds. The Morgan fingerprint density at radius 1 is 1.07 bits per heavy atom. The van der Waals surface area contributed by atoms with Crippen LogP contribution in [0.1, 0.15) is 43.5 Å². The summed E-state index contributed by atoms with van der Waals surface area (Å²) in [6.07, 6.45) is 2.94. The summed E-state index contributed by atoms with van der Waals surface area (Å²) in [6.45, 7) is 5.67. The van der Waals surface area contributed by atoms with Crippen LogP contribution in [0.4, 0.5) is 30.6 Å². The molecule has 0 radical (unpaired) electrons. The lowest BCUT2D eigenvalue weighted by Crippen LogP contribution is -2.33. The summed E-state index contributed by atoms with van der Waals surface area (Å²) in [4.78, 5) is 27.3. The minimum Gasteiger partial charge on any atom is -0.371 e. The van der Waals surface area contributed by atoms with E-state index in [2.05, 4.69) is 20.9 Å². The van der Waals surface area contributed by atoms with Crippen LogP contribution in [0.15, 0.2) is 36.4 Å². The van der Waals surface area contributed by atoms with Gasteiger partial charge in [0.1, 0.15) is 11.6 Å². The first-order valence-corrected chi connectivity index (χ1v) is 10.1. The smallest absolute Gasteiger partial charge is 0.323 e. The van der Waals surface area contributed by atoms with Crippen LogP contribution in [-0.2, 0) is 0 Å². The Morgan fingerprint density at radius 2 is 1.80 bits per heavy atom. The molecule has 2 aromatic rings. The van der Waals surface area contributed by atoms with Gasteiger partial charge in [0.05, 0.1) is 11.3 Å². The average molecular weight is 416 g/mol. The SMILES string of the molecule is CC[C@@H](C)NC(=O)c1cc(NC(=O)Nc2ccc(F)cc2F)ccc1N1CCCC1. The van der Waals surface area contributed by atoms with Gasteiger partial charge in [0.15, 0.2) is 0 Å². The molecule has 0 aromatic heterocycles. The number of carbonyl (C=O) groups is 2. The summed E-state index contributed by atoms with van der Waals surface area (Å²) >= 11 is 0. The Bertz CT molecular complexity index is 929. The standard InChI is InChI=1S/C22H26F2N4O2/c1-3-14(2)25-21(29)17-13-16(7-9-20(17)28-10-4-5-11-28)26-22(30)27-19-8-6-15(23)12-18(19)24/h6-9,12-14H,3-5,10-11H2,1-2H3,(H,25,29)(H2,26,27,30)/t14-/m1/s1. The minimum atomic E-state index is -0.872. The number of benzene rings is 2. The normalized spacial score (nSPS) is 14.3. The first-order chi connectivity index (χ1) is 14.4. The number of halogens is 2. The number of amides is 3. The highest BCUT2D eigenvalue weighted by Crippen LogP contribution is 2.28. The van der Waals surface area contributed by atoms with E-state index in [1.54, 1.807) is 12.1 Å². The van der Waals surface area contributed by atoms with Crippen LogP contribution in [0, 0.1) is 11.6 Å². The average Bonchev–Trinajstić information content (AvgIpc) is 3.24. The van der Waals surface area contributed by atoms with Gasteiger partial charge in [-0.1, -0.05) is 6.92 Å². The molecule has 0 bridgehead atoms. The van der Waals surface area contributed by atoms with E-state index in [1.807, 2.05) is 19.9 Å². The number of nitrogens with zero attached hydrogens (tertiary/aromatic N) is 1. The summed E-state index contributed by atoms with van der Waals surface area (Å²) in [5.41, 5.74) is 1.55. The van der Waals surface area contributed by atoms with E-state index >= 15 is 0 Å². The molecule has 2 aromatic carbocycles. The highest BCUT2D eigenvalue weighted by Gasteiger charge is 2.21. The zero-order chi connectivity index (χ0) is 21.7. The van der Waals surface area contributed by atoms with Gasteiger partial charge in [-0.25, -0.2) is 13.6 Å². The summed E-state index contributed by atoms with van der Waals surface area (Å²) in [7, 11) is 0. The van der Waals surface area contributed by atoms with Gasteiger partial charge in [-0.15, -0.1) is 0 Å². The zero-order valence-electron chi connectivity index (χ0n) is 17.1. The van der Waals surface area contributed by atoms with E-state index in [0.717, 1.165) is 50.2 Å². The monoisotopic (exact) mass is 416 g/mol. The second-order valence-corrected chi connectivity index (χ2v) is 7.41. The van der Waals surface area contributed by atoms with Crippen LogP contribution in [0.2, 0.25) is 0 Å². The van der Waals surface area contributed by atoms with E-state index < -0.39 is 17.7 Å². The van der Waals surface area contributed by atoms with Crippen LogP contribution >= 0.6 is 0 Å². The van der Waals surface area contributed by atoms with Crippen molar-refractivity contribution in [2.75, 3.05) is 28.6 Å². The molecule has 1 fully saturated rings. The number of hydrogen-bond acceptors (Lipinski definition) is 3. The Kier molecular flexibility index (Phi) is 6.87. The first kappa shape index (κ1) is 21.5. The molecule has 1 heterocycles. The molecular weight excluding hydrogens is 390 g/mol. The third-order valence-electron chi connectivity index (χ3n) is 5.11. The van der Waals surface area contributed by atoms with Crippen molar-refractivity contribution in [3.8, 4) is 0 Å². The predicted octanol–water partition coefficient (Wildman–Crippen LogP) is 4.74. The Morgan fingerprint density at radius 3 is 2.47 bits per heavy atom. The van der Waals surface area contributed by atoms with Gasteiger partial charge in [-0.3, -0.25) is 4.79 Å². The number of rotatable bonds is 6. The lowest BCUT2D eigenvalue weighted by atomic mass is 10.1. The van der Waals surface area contributed by atoms with Crippen LogP contribution in [-0.4, -0.2) is 31.1 Å². The molecule has 1 saturated heterocycles. The molecule has 160 valence electrons. The van der Waals surface area contributed by atoms with Gasteiger partial charge in [-0.05, 0) is 56.5 Å². The second-order valence-electron chi connectivity index (χ2n) is 7.41. The summed E-state index contributed by atoms with van der Waals surface area (Å²) in [5, 5.41) is 7.91. The fourth-order valence-corrected chi connectivity index (χ4v) is 3.31. The quantitative estimate of drug-likeness (QED) is 0.637. The number of anilines is 3. The molecular formula is C22H26F2N4O2. The molecule has 0 unspecified atom stereocenters. The minimum absolute atomic E-state index is 0.0188. The van der Waals surface area contributed by atoms with Crippen molar-refractivity contribution in [1.82, 2.24) is 5.32 Å². The molecule has 8 heteroatoms.